The molecule has 1 unspecified atom stereocenters. The maximum Gasteiger partial charge on any atom is 0.410 e. The SMILES string of the molecule is COC(=O)[C@H](Cc1ccc(O)cc1)NC(=O)[C@@H]1CC(COC(=O)[C@@H](N)Cc2ccc(O)cc2)CN1C(=O)OC(C)(C)C. The van der Waals surface area contributed by atoms with Crippen LogP contribution in [-0.2, 0) is 41.4 Å². The summed E-state index contributed by atoms with van der Waals surface area (Å²) >= 11 is 0. The third-order valence-electron chi connectivity index (χ3n) is 6.65. The largest absolute Gasteiger partial charge is 0.508 e. The average Bonchev–Trinajstić information content (AvgIpc) is 3.37. The first-order chi connectivity index (χ1) is 19.8. The van der Waals surface area contributed by atoms with Gasteiger partial charge < -0.3 is 35.5 Å². The summed E-state index contributed by atoms with van der Waals surface area (Å²) in [6.07, 6.45) is -0.265. The van der Waals surface area contributed by atoms with E-state index in [9.17, 15) is 29.4 Å². The number of methoxy groups -OCH3 is 1. The topological polar surface area (TPSA) is 178 Å². The number of nitrogens with two attached hydrogens (primary N) is 1. The van der Waals surface area contributed by atoms with Gasteiger partial charge in [0.1, 0.15) is 35.2 Å². The molecule has 3 rings (SSSR count). The lowest BCUT2D eigenvalue weighted by molar-refractivity contribution is -0.146. The van der Waals surface area contributed by atoms with Crippen LogP contribution in [0.3, 0.4) is 0 Å². The number of benzene rings is 2. The number of phenols is 2. The summed E-state index contributed by atoms with van der Waals surface area (Å²) in [5.74, 6) is -2.14. The van der Waals surface area contributed by atoms with Gasteiger partial charge in [-0.3, -0.25) is 14.5 Å². The van der Waals surface area contributed by atoms with Gasteiger partial charge in [0.15, 0.2) is 0 Å². The number of rotatable bonds is 10. The van der Waals surface area contributed by atoms with E-state index in [2.05, 4.69) is 5.32 Å². The molecule has 1 aliphatic heterocycles. The fourth-order valence-corrected chi connectivity index (χ4v) is 4.56. The number of ether oxygens (including phenoxy) is 3. The Balaban J connectivity index is 1.68. The Labute approximate surface area is 244 Å². The molecule has 2 aromatic carbocycles. The van der Waals surface area contributed by atoms with Crippen molar-refractivity contribution in [2.45, 2.75) is 63.8 Å². The summed E-state index contributed by atoms with van der Waals surface area (Å²) in [4.78, 5) is 52.9. The van der Waals surface area contributed by atoms with Gasteiger partial charge in [0.25, 0.3) is 0 Å². The van der Waals surface area contributed by atoms with Gasteiger partial charge in [0.05, 0.1) is 13.7 Å². The van der Waals surface area contributed by atoms with Crippen molar-refractivity contribution in [2.75, 3.05) is 20.3 Å². The quantitative estimate of drug-likeness (QED) is 0.238. The summed E-state index contributed by atoms with van der Waals surface area (Å²) in [5, 5.41) is 21.7. The lowest BCUT2D eigenvalue weighted by Gasteiger charge is -2.29. The molecule has 2 amide bonds. The van der Waals surface area contributed by atoms with Crippen LogP contribution in [0.2, 0.25) is 0 Å². The first kappa shape index (κ1) is 32.2. The predicted molar refractivity (Wildman–Crippen MR) is 151 cm³/mol. The van der Waals surface area contributed by atoms with E-state index in [1.807, 2.05) is 0 Å². The Kier molecular flexibility index (Phi) is 10.8. The molecule has 0 bridgehead atoms. The molecule has 228 valence electrons. The molecular weight excluding hydrogens is 546 g/mol. The first-order valence-corrected chi connectivity index (χ1v) is 13.6. The van der Waals surface area contributed by atoms with E-state index in [1.165, 1.54) is 36.3 Å². The molecule has 2 aromatic rings. The minimum absolute atomic E-state index is 0.0596. The maximum absolute atomic E-state index is 13.5. The van der Waals surface area contributed by atoms with Crippen LogP contribution in [0.25, 0.3) is 0 Å². The molecule has 12 heteroatoms. The van der Waals surface area contributed by atoms with Crippen LogP contribution in [0.15, 0.2) is 48.5 Å². The molecule has 0 radical (unpaired) electrons. The second-order valence-corrected chi connectivity index (χ2v) is 11.3. The number of aromatic hydroxyl groups is 2. The van der Waals surface area contributed by atoms with Gasteiger partial charge in [-0.05, 0) is 69.0 Å². The van der Waals surface area contributed by atoms with Crippen molar-refractivity contribution in [3.8, 4) is 11.5 Å². The van der Waals surface area contributed by atoms with Gasteiger partial charge in [0, 0.05) is 18.9 Å². The second-order valence-electron chi connectivity index (χ2n) is 11.3. The molecule has 0 spiro atoms. The highest BCUT2D eigenvalue weighted by Gasteiger charge is 2.43. The van der Waals surface area contributed by atoms with Crippen molar-refractivity contribution in [1.82, 2.24) is 10.2 Å². The third kappa shape index (κ3) is 9.37. The molecule has 0 aromatic heterocycles. The van der Waals surface area contributed by atoms with Crippen molar-refractivity contribution >= 4 is 23.9 Å². The molecule has 0 aliphatic carbocycles. The van der Waals surface area contributed by atoms with E-state index in [-0.39, 0.29) is 43.9 Å². The number of nitrogens with one attached hydrogen (secondary N) is 1. The summed E-state index contributed by atoms with van der Waals surface area (Å²) in [5.41, 5.74) is 6.62. The van der Waals surface area contributed by atoms with E-state index < -0.39 is 53.6 Å². The third-order valence-corrected chi connectivity index (χ3v) is 6.65. The number of carbonyl (C=O) groups is 4. The fourth-order valence-electron chi connectivity index (χ4n) is 4.56. The Morgan fingerprint density at radius 3 is 2.02 bits per heavy atom. The molecule has 12 nitrogen and oxygen atoms in total. The summed E-state index contributed by atoms with van der Waals surface area (Å²) in [7, 11) is 1.21. The van der Waals surface area contributed by atoms with Crippen LogP contribution in [-0.4, -0.2) is 83.0 Å². The molecule has 1 saturated heterocycles. The molecule has 0 saturated carbocycles. The smallest absolute Gasteiger partial charge is 0.410 e. The monoisotopic (exact) mass is 585 g/mol. The van der Waals surface area contributed by atoms with E-state index >= 15 is 0 Å². The van der Waals surface area contributed by atoms with Crippen molar-refractivity contribution in [2.24, 2.45) is 11.7 Å². The Morgan fingerprint density at radius 2 is 1.50 bits per heavy atom. The number of nitrogens with zero attached hydrogens (tertiary/aromatic N) is 1. The number of carbonyl (C=O) groups excluding carboxylic acids is 4. The Hall–Kier alpha value is -4.32. The number of hydrogen-bond acceptors (Lipinski definition) is 10. The van der Waals surface area contributed by atoms with E-state index in [4.69, 9.17) is 19.9 Å². The van der Waals surface area contributed by atoms with Crippen LogP contribution in [0.5, 0.6) is 11.5 Å². The zero-order valence-electron chi connectivity index (χ0n) is 24.2. The van der Waals surface area contributed by atoms with E-state index in [0.717, 1.165) is 5.56 Å². The number of likely N-dealkylation sites (tertiary alicyclic amines) is 1. The van der Waals surface area contributed by atoms with Gasteiger partial charge in [-0.25, -0.2) is 9.59 Å². The van der Waals surface area contributed by atoms with Gasteiger partial charge in [-0.15, -0.1) is 0 Å². The maximum atomic E-state index is 13.5. The van der Waals surface area contributed by atoms with Crippen LogP contribution in [0.1, 0.15) is 38.3 Å². The zero-order chi connectivity index (χ0) is 31.0. The number of amides is 2. The Bertz CT molecular complexity index is 1240. The van der Waals surface area contributed by atoms with Gasteiger partial charge in [-0.1, -0.05) is 24.3 Å². The minimum atomic E-state index is -1.05. The molecule has 1 aliphatic rings. The molecule has 4 atom stereocenters. The Morgan fingerprint density at radius 1 is 0.952 bits per heavy atom. The molecule has 1 heterocycles. The summed E-state index contributed by atoms with van der Waals surface area (Å²) in [6, 6.07) is 9.49. The summed E-state index contributed by atoms with van der Waals surface area (Å²) in [6.45, 7) is 5.11. The predicted octanol–water partition coefficient (Wildman–Crippen LogP) is 2.04. The lowest BCUT2D eigenvalue weighted by Crippen LogP contribution is -2.52. The zero-order valence-corrected chi connectivity index (χ0v) is 24.2. The van der Waals surface area contributed by atoms with Gasteiger partial charge >= 0.3 is 18.0 Å². The van der Waals surface area contributed by atoms with Crippen LogP contribution >= 0.6 is 0 Å². The van der Waals surface area contributed by atoms with Crippen molar-refractivity contribution in [3.63, 3.8) is 0 Å². The fraction of sp³-hybridized carbons (Fsp3) is 0.467. The van der Waals surface area contributed by atoms with Crippen LogP contribution in [0, 0.1) is 5.92 Å². The highest BCUT2D eigenvalue weighted by atomic mass is 16.6. The standard InChI is InChI=1S/C30H39N3O9/c1-30(2,3)42-29(39)33-16-20(17-41-27(37)23(31)13-18-5-9-21(34)10-6-18)15-25(33)26(36)32-24(28(38)40-4)14-19-7-11-22(35)12-8-19/h5-12,20,23-25,34-35H,13-17,31H2,1-4H3,(H,32,36)/t20?,23-,24-,25-/m0/s1. The van der Waals surface area contributed by atoms with Crippen molar-refractivity contribution in [3.05, 3.63) is 59.7 Å². The lowest BCUT2D eigenvalue weighted by atomic mass is 10.0. The van der Waals surface area contributed by atoms with E-state index in [1.54, 1.807) is 45.0 Å². The molecule has 1 fully saturated rings. The number of esters is 2. The molecule has 5 N–H and O–H groups in total. The van der Waals surface area contributed by atoms with Gasteiger partial charge in [-0.2, -0.15) is 0 Å². The van der Waals surface area contributed by atoms with Crippen molar-refractivity contribution in [1.29, 1.82) is 0 Å². The highest BCUT2D eigenvalue weighted by molar-refractivity contribution is 5.90. The van der Waals surface area contributed by atoms with E-state index in [0.29, 0.717) is 5.56 Å². The number of hydrogen-bond donors (Lipinski definition) is 4. The van der Waals surface area contributed by atoms with Crippen molar-refractivity contribution < 1.29 is 43.6 Å². The summed E-state index contributed by atoms with van der Waals surface area (Å²) < 4.78 is 15.8. The van der Waals surface area contributed by atoms with Crippen LogP contribution in [0.4, 0.5) is 4.79 Å². The average molecular weight is 586 g/mol. The highest BCUT2D eigenvalue weighted by Crippen LogP contribution is 2.27. The second kappa shape index (κ2) is 14.0. The first-order valence-electron chi connectivity index (χ1n) is 13.6. The molecular formula is C30H39N3O9. The normalized spacial score (nSPS) is 18.1. The minimum Gasteiger partial charge on any atom is -0.508 e. The van der Waals surface area contributed by atoms with Gasteiger partial charge in [0.2, 0.25) is 5.91 Å². The van der Waals surface area contributed by atoms with Crippen LogP contribution < -0.4 is 11.1 Å². The number of phenolic OH excluding ortho intramolecular Hbond substituents is 2. The molecule has 42 heavy (non-hydrogen) atoms.